The van der Waals surface area contributed by atoms with Gasteiger partial charge in [-0.2, -0.15) is 4.31 Å². The second-order valence-corrected chi connectivity index (χ2v) is 6.20. The average molecular weight is 286 g/mol. The summed E-state index contributed by atoms with van der Waals surface area (Å²) >= 11 is 0. The van der Waals surface area contributed by atoms with E-state index in [1.165, 1.54) is 0 Å². The van der Waals surface area contributed by atoms with E-state index in [2.05, 4.69) is 4.98 Å². The second-order valence-electron chi connectivity index (χ2n) is 4.11. The van der Waals surface area contributed by atoms with E-state index < -0.39 is 22.5 Å². The van der Waals surface area contributed by atoms with Crippen LogP contribution < -0.4 is 0 Å². The van der Waals surface area contributed by atoms with Crippen molar-refractivity contribution in [1.82, 2.24) is 9.29 Å². The molecule has 0 saturated heterocycles. The van der Waals surface area contributed by atoms with Gasteiger partial charge in [0.15, 0.2) is 0 Å². The van der Waals surface area contributed by atoms with Gasteiger partial charge in [-0.15, -0.1) is 0 Å². The van der Waals surface area contributed by atoms with Gasteiger partial charge in [-0.1, -0.05) is 13.0 Å². The van der Waals surface area contributed by atoms with Gasteiger partial charge in [0.25, 0.3) is 0 Å². The van der Waals surface area contributed by atoms with Crippen molar-refractivity contribution in [2.75, 3.05) is 18.8 Å². The highest BCUT2D eigenvalue weighted by Crippen LogP contribution is 2.06. The summed E-state index contributed by atoms with van der Waals surface area (Å²) in [6.07, 6.45) is 2.46. The number of hydrogen-bond acceptors (Lipinski definition) is 4. The zero-order valence-corrected chi connectivity index (χ0v) is 11.6. The van der Waals surface area contributed by atoms with E-state index in [9.17, 15) is 13.2 Å². The van der Waals surface area contributed by atoms with E-state index in [1.807, 2.05) is 6.92 Å². The van der Waals surface area contributed by atoms with Crippen LogP contribution in [0.15, 0.2) is 24.4 Å². The van der Waals surface area contributed by atoms with Crippen molar-refractivity contribution in [2.24, 2.45) is 0 Å². The van der Waals surface area contributed by atoms with Crippen LogP contribution in [0.5, 0.6) is 0 Å². The summed E-state index contributed by atoms with van der Waals surface area (Å²) in [6, 6.07) is 5.29. The van der Waals surface area contributed by atoms with Crippen molar-refractivity contribution in [3.05, 3.63) is 30.1 Å². The molecular weight excluding hydrogens is 268 g/mol. The predicted octanol–water partition coefficient (Wildman–Crippen LogP) is 0.750. The van der Waals surface area contributed by atoms with Gasteiger partial charge >= 0.3 is 5.97 Å². The van der Waals surface area contributed by atoms with Gasteiger partial charge in [0.2, 0.25) is 10.0 Å². The fourth-order valence-electron chi connectivity index (χ4n) is 1.63. The molecular formula is C12H18N2O4S. The highest BCUT2D eigenvalue weighted by molar-refractivity contribution is 7.89. The number of hydrogen-bond donors (Lipinski definition) is 1. The molecule has 0 unspecified atom stereocenters. The third-order valence-corrected chi connectivity index (χ3v) is 4.34. The van der Waals surface area contributed by atoms with Crippen LogP contribution in [0, 0.1) is 0 Å². The number of aromatic nitrogens is 1. The van der Waals surface area contributed by atoms with Gasteiger partial charge in [-0.05, 0) is 18.6 Å². The van der Waals surface area contributed by atoms with Crippen LogP contribution in [-0.4, -0.2) is 47.6 Å². The molecule has 1 aromatic heterocycles. The minimum absolute atomic E-state index is 0.128. The quantitative estimate of drug-likeness (QED) is 0.762. The number of carboxylic acids is 1. The lowest BCUT2D eigenvalue weighted by molar-refractivity contribution is -0.137. The van der Waals surface area contributed by atoms with E-state index in [-0.39, 0.29) is 18.7 Å². The van der Waals surface area contributed by atoms with E-state index >= 15 is 0 Å². The maximum atomic E-state index is 12.1. The molecule has 0 aromatic carbocycles. The largest absolute Gasteiger partial charge is 0.480 e. The Morgan fingerprint density at radius 2 is 2.16 bits per heavy atom. The topological polar surface area (TPSA) is 87.6 Å². The maximum Gasteiger partial charge on any atom is 0.318 e. The molecule has 0 aliphatic carbocycles. The number of pyridine rings is 1. The van der Waals surface area contributed by atoms with Gasteiger partial charge in [0.05, 0.1) is 5.75 Å². The van der Waals surface area contributed by atoms with E-state index in [0.29, 0.717) is 12.1 Å². The molecule has 1 heterocycles. The molecule has 0 atom stereocenters. The summed E-state index contributed by atoms with van der Waals surface area (Å²) < 4.78 is 25.1. The lowest BCUT2D eigenvalue weighted by Crippen LogP contribution is -2.38. The van der Waals surface area contributed by atoms with E-state index in [4.69, 9.17) is 5.11 Å². The normalized spacial score (nSPS) is 11.7. The molecule has 19 heavy (non-hydrogen) atoms. The van der Waals surface area contributed by atoms with Gasteiger partial charge in [-0.25, -0.2) is 8.42 Å². The Kier molecular flexibility index (Phi) is 5.91. The summed E-state index contributed by atoms with van der Waals surface area (Å²) in [5.74, 6) is -1.27. The molecule has 1 rings (SSSR count). The Labute approximate surface area is 113 Å². The van der Waals surface area contributed by atoms with Crippen molar-refractivity contribution in [3.8, 4) is 0 Å². The smallest absolute Gasteiger partial charge is 0.318 e. The fraction of sp³-hybridized carbons (Fsp3) is 0.500. The minimum atomic E-state index is -3.57. The van der Waals surface area contributed by atoms with E-state index in [0.717, 1.165) is 4.31 Å². The number of sulfonamides is 1. The Hall–Kier alpha value is -1.47. The lowest BCUT2D eigenvalue weighted by Gasteiger charge is -2.19. The van der Waals surface area contributed by atoms with Crippen molar-refractivity contribution in [3.63, 3.8) is 0 Å². The predicted molar refractivity (Wildman–Crippen MR) is 71.2 cm³/mol. The molecule has 0 fully saturated rings. The molecule has 106 valence electrons. The Balaban J connectivity index is 2.69. The molecule has 0 aliphatic heterocycles. The maximum absolute atomic E-state index is 12.1. The lowest BCUT2D eigenvalue weighted by atomic mass is 10.3. The summed E-state index contributed by atoms with van der Waals surface area (Å²) in [4.78, 5) is 14.7. The van der Waals surface area contributed by atoms with Crippen LogP contribution in [0.1, 0.15) is 19.0 Å². The molecule has 0 radical (unpaired) electrons. The first-order valence-corrected chi connectivity index (χ1v) is 7.66. The highest BCUT2D eigenvalue weighted by atomic mass is 32.2. The molecule has 0 amide bonds. The van der Waals surface area contributed by atoms with Crippen molar-refractivity contribution in [1.29, 1.82) is 0 Å². The monoisotopic (exact) mass is 286 g/mol. The summed E-state index contributed by atoms with van der Waals surface area (Å²) in [7, 11) is -3.57. The summed E-state index contributed by atoms with van der Waals surface area (Å²) in [5.41, 5.74) is 0.679. The molecule has 6 nitrogen and oxygen atoms in total. The first-order valence-electron chi connectivity index (χ1n) is 6.05. The molecule has 7 heteroatoms. The number of carboxylic acid groups (broad SMARTS) is 1. The number of nitrogens with zero attached hydrogens (tertiary/aromatic N) is 2. The van der Waals surface area contributed by atoms with Crippen LogP contribution in [0.4, 0.5) is 0 Å². The van der Waals surface area contributed by atoms with Crippen LogP contribution in [-0.2, 0) is 21.2 Å². The number of aryl methyl sites for hydroxylation is 1. The highest BCUT2D eigenvalue weighted by Gasteiger charge is 2.23. The summed E-state index contributed by atoms with van der Waals surface area (Å²) in [6.45, 7) is 1.54. The summed E-state index contributed by atoms with van der Waals surface area (Å²) in [5, 5.41) is 8.74. The van der Waals surface area contributed by atoms with Crippen LogP contribution >= 0.6 is 0 Å². The van der Waals surface area contributed by atoms with E-state index in [1.54, 1.807) is 24.4 Å². The van der Waals surface area contributed by atoms with Crippen molar-refractivity contribution < 1.29 is 18.3 Å². The first kappa shape index (κ1) is 15.6. The van der Waals surface area contributed by atoms with Crippen LogP contribution in [0.3, 0.4) is 0 Å². The molecule has 0 saturated carbocycles. The molecule has 0 bridgehead atoms. The molecule has 1 N–H and O–H groups in total. The number of carbonyl (C=O) groups is 1. The Morgan fingerprint density at radius 1 is 1.42 bits per heavy atom. The second kappa shape index (κ2) is 7.20. The number of rotatable bonds is 8. The molecule has 1 aromatic rings. The van der Waals surface area contributed by atoms with Crippen molar-refractivity contribution >= 4 is 16.0 Å². The van der Waals surface area contributed by atoms with Crippen LogP contribution in [0.2, 0.25) is 0 Å². The Morgan fingerprint density at radius 3 is 2.68 bits per heavy atom. The van der Waals surface area contributed by atoms with Gasteiger partial charge < -0.3 is 5.11 Å². The zero-order valence-electron chi connectivity index (χ0n) is 10.8. The Bertz CT molecular complexity index is 502. The average Bonchev–Trinajstić information content (AvgIpc) is 2.37. The third kappa shape index (κ3) is 5.35. The first-order chi connectivity index (χ1) is 8.95. The van der Waals surface area contributed by atoms with Gasteiger partial charge in [0.1, 0.15) is 6.54 Å². The third-order valence-electron chi connectivity index (χ3n) is 2.52. The SMILES string of the molecule is CCCN(CC(=O)O)S(=O)(=O)CCc1ccccn1. The fourth-order valence-corrected chi connectivity index (χ4v) is 3.12. The zero-order chi connectivity index (χ0) is 14.3. The standard InChI is InChI=1S/C12H18N2O4S/c1-2-8-14(10-12(15)16)19(17,18)9-6-11-5-3-4-7-13-11/h3-5,7H,2,6,8-10H2,1H3,(H,15,16). The molecule has 0 spiro atoms. The number of aliphatic carboxylic acids is 1. The van der Waals surface area contributed by atoms with Crippen LogP contribution in [0.25, 0.3) is 0 Å². The van der Waals surface area contributed by atoms with Crippen molar-refractivity contribution in [2.45, 2.75) is 19.8 Å². The van der Waals surface area contributed by atoms with Gasteiger partial charge in [-0.3, -0.25) is 9.78 Å². The minimum Gasteiger partial charge on any atom is -0.480 e. The van der Waals surface area contributed by atoms with Gasteiger partial charge in [0, 0.05) is 24.9 Å². The molecule has 0 aliphatic rings.